The maximum atomic E-state index is 6.69. The third-order valence-corrected chi connectivity index (χ3v) is 13.5. The summed E-state index contributed by atoms with van der Waals surface area (Å²) in [4.78, 5) is 15.4. The van der Waals surface area contributed by atoms with Crippen molar-refractivity contribution >= 4 is 31.5 Å². The van der Waals surface area contributed by atoms with Gasteiger partial charge in [-0.05, 0) is 69.6 Å². The van der Waals surface area contributed by atoms with Crippen molar-refractivity contribution < 1.29 is 4.74 Å². The number of thiophene rings is 1. The maximum absolute atomic E-state index is 6.69. The topological polar surface area (TPSA) is 47.9 Å². The summed E-state index contributed by atoms with van der Waals surface area (Å²) in [5, 5.41) is 2.54. The van der Waals surface area contributed by atoms with Crippen LogP contribution in [-0.2, 0) is 5.41 Å². The average molecular weight is 762 g/mol. The highest BCUT2D eigenvalue weighted by molar-refractivity contribution is 7.25. The summed E-state index contributed by atoms with van der Waals surface area (Å²) >= 11 is 1.81. The van der Waals surface area contributed by atoms with Crippen LogP contribution in [0.5, 0.6) is 11.5 Å². The van der Waals surface area contributed by atoms with Crippen LogP contribution < -0.4 is 4.74 Å². The minimum absolute atomic E-state index is 0.0545. The second kappa shape index (κ2) is 12.8. The van der Waals surface area contributed by atoms with Gasteiger partial charge in [-0.2, -0.15) is 0 Å². The minimum atomic E-state index is -0.510. The Morgan fingerprint density at radius 2 is 1.09 bits per heavy atom. The molecule has 58 heavy (non-hydrogen) atoms. The van der Waals surface area contributed by atoms with Gasteiger partial charge >= 0.3 is 0 Å². The SMILES string of the molecule is CC1C=CC=CC1c1nc(-c2ccc(-c3ccc4c(c3)C3(c5ccccc5O4)c4ccccc4-c4ccccc43)cc2)nc(-c2ccc3c(c2)sc2ccccc23)n1. The van der Waals surface area contributed by atoms with Crippen LogP contribution in [0.4, 0.5) is 0 Å². The van der Waals surface area contributed by atoms with Gasteiger partial charge in [0.25, 0.3) is 0 Å². The van der Waals surface area contributed by atoms with E-state index in [1.165, 1.54) is 42.4 Å². The van der Waals surface area contributed by atoms with Crippen molar-refractivity contribution in [3.05, 3.63) is 210 Å². The second-order valence-corrected chi connectivity index (χ2v) is 16.6. The molecule has 3 aliphatic rings. The Morgan fingerprint density at radius 3 is 1.88 bits per heavy atom. The molecule has 2 unspecified atom stereocenters. The average Bonchev–Trinajstić information content (AvgIpc) is 3.80. The lowest BCUT2D eigenvalue weighted by Crippen LogP contribution is -2.32. The highest BCUT2D eigenvalue weighted by Crippen LogP contribution is 2.62. The number of fused-ring (bicyclic) bond motifs is 12. The Hall–Kier alpha value is -6.95. The summed E-state index contributed by atoms with van der Waals surface area (Å²) in [5.41, 5.74) is 11.1. The molecule has 0 saturated heterocycles. The molecule has 4 nitrogen and oxygen atoms in total. The summed E-state index contributed by atoms with van der Waals surface area (Å²) in [5.74, 6) is 4.24. The molecule has 3 heterocycles. The Labute approximate surface area is 340 Å². The number of hydrogen-bond acceptors (Lipinski definition) is 5. The fraction of sp³-hybridized carbons (Fsp3) is 0.0755. The monoisotopic (exact) mass is 761 g/mol. The lowest BCUT2D eigenvalue weighted by atomic mass is 9.66. The van der Waals surface area contributed by atoms with Crippen LogP contribution in [0.3, 0.4) is 0 Å². The molecule has 274 valence electrons. The van der Waals surface area contributed by atoms with E-state index in [0.29, 0.717) is 11.6 Å². The molecule has 9 aromatic rings. The minimum Gasteiger partial charge on any atom is -0.457 e. The number of nitrogens with zero attached hydrogens (tertiary/aromatic N) is 3. The van der Waals surface area contributed by atoms with Crippen LogP contribution in [0.25, 0.3) is 65.2 Å². The number of hydrogen-bond donors (Lipinski definition) is 0. The highest BCUT2D eigenvalue weighted by atomic mass is 32.1. The first-order valence-electron chi connectivity index (χ1n) is 19.9. The van der Waals surface area contributed by atoms with Crippen molar-refractivity contribution in [2.24, 2.45) is 5.92 Å². The molecule has 7 aromatic carbocycles. The lowest BCUT2D eigenvalue weighted by Gasteiger charge is -2.39. The molecule has 0 amide bonds. The normalized spacial score (nSPS) is 16.8. The van der Waals surface area contributed by atoms with Crippen LogP contribution in [-0.4, -0.2) is 15.0 Å². The lowest BCUT2D eigenvalue weighted by molar-refractivity contribution is 0.436. The van der Waals surface area contributed by atoms with E-state index in [9.17, 15) is 0 Å². The summed E-state index contributed by atoms with van der Waals surface area (Å²) < 4.78 is 9.20. The largest absolute Gasteiger partial charge is 0.457 e. The molecule has 0 bridgehead atoms. The summed E-state index contributed by atoms with van der Waals surface area (Å²) in [7, 11) is 0. The Kier molecular flexibility index (Phi) is 7.32. The maximum Gasteiger partial charge on any atom is 0.163 e. The number of allylic oxidation sites excluding steroid dienone is 4. The standard InChI is InChI=1S/C53H35N3OS/c1-32-12-2-3-13-37(32)52-55-50(54-51(56-52)36-26-28-41-40-16-6-11-21-48(40)58-49(41)31-36)34-24-22-33(23-25-34)35-27-29-47-45(30-35)53(44-19-9-10-20-46(44)57-47)42-17-7-4-14-38(42)39-15-5-8-18-43(39)53/h2-32,37H,1H3. The molecule has 5 heteroatoms. The van der Waals surface area contributed by atoms with Gasteiger partial charge in [-0.15, -0.1) is 11.3 Å². The number of para-hydroxylation sites is 1. The van der Waals surface area contributed by atoms with Crippen LogP contribution >= 0.6 is 11.3 Å². The van der Waals surface area contributed by atoms with E-state index in [4.69, 9.17) is 19.7 Å². The predicted octanol–water partition coefficient (Wildman–Crippen LogP) is 13.6. The van der Waals surface area contributed by atoms with E-state index in [1.807, 2.05) is 11.3 Å². The first kappa shape index (κ1) is 33.2. The van der Waals surface area contributed by atoms with Gasteiger partial charge in [-0.25, -0.2) is 15.0 Å². The van der Waals surface area contributed by atoms with Crippen molar-refractivity contribution in [2.75, 3.05) is 0 Å². The van der Waals surface area contributed by atoms with Crippen molar-refractivity contribution in [1.82, 2.24) is 15.0 Å². The second-order valence-electron chi connectivity index (χ2n) is 15.5. The van der Waals surface area contributed by atoms with Gasteiger partial charge in [0.2, 0.25) is 0 Å². The third kappa shape index (κ3) is 4.90. The zero-order chi connectivity index (χ0) is 38.4. The molecule has 1 aliphatic heterocycles. The zero-order valence-electron chi connectivity index (χ0n) is 31.6. The molecule has 0 saturated carbocycles. The zero-order valence-corrected chi connectivity index (χ0v) is 32.4. The Bertz CT molecular complexity index is 3150. The van der Waals surface area contributed by atoms with Gasteiger partial charge in [-0.1, -0.05) is 159 Å². The highest BCUT2D eigenvalue weighted by Gasteiger charge is 2.51. The van der Waals surface area contributed by atoms with Gasteiger partial charge in [0, 0.05) is 48.3 Å². The molecule has 0 fully saturated rings. The van der Waals surface area contributed by atoms with Gasteiger partial charge in [-0.3, -0.25) is 0 Å². The molecular formula is C53H35N3OS. The van der Waals surface area contributed by atoms with Crippen LogP contribution in [0.2, 0.25) is 0 Å². The fourth-order valence-electron chi connectivity index (χ4n) is 9.55. The van der Waals surface area contributed by atoms with E-state index < -0.39 is 5.41 Å². The van der Waals surface area contributed by atoms with E-state index >= 15 is 0 Å². The molecule has 0 N–H and O–H groups in total. The van der Waals surface area contributed by atoms with Gasteiger partial charge in [0.05, 0.1) is 5.41 Å². The van der Waals surface area contributed by atoms with Gasteiger partial charge in [0.1, 0.15) is 17.3 Å². The van der Waals surface area contributed by atoms with Crippen LogP contribution in [0.1, 0.15) is 40.9 Å². The Morgan fingerprint density at radius 1 is 0.483 bits per heavy atom. The summed E-state index contributed by atoms with van der Waals surface area (Å²) in [6, 6.07) is 56.8. The first-order chi connectivity index (χ1) is 28.6. The molecule has 2 atom stereocenters. The van der Waals surface area contributed by atoms with Gasteiger partial charge < -0.3 is 4.74 Å². The van der Waals surface area contributed by atoms with E-state index in [1.54, 1.807) is 0 Å². The van der Waals surface area contributed by atoms with E-state index in [0.717, 1.165) is 50.7 Å². The fourth-order valence-corrected chi connectivity index (χ4v) is 10.7. The predicted molar refractivity (Wildman–Crippen MR) is 237 cm³/mol. The third-order valence-electron chi connectivity index (χ3n) is 12.3. The number of benzene rings is 7. The van der Waals surface area contributed by atoms with Crippen molar-refractivity contribution in [2.45, 2.75) is 18.3 Å². The molecule has 2 aliphatic carbocycles. The smallest absolute Gasteiger partial charge is 0.163 e. The number of aromatic nitrogens is 3. The molecular weight excluding hydrogens is 727 g/mol. The Balaban J connectivity index is 0.972. The molecule has 1 spiro atoms. The quantitative estimate of drug-likeness (QED) is 0.179. The molecule has 0 radical (unpaired) electrons. The molecule has 2 aromatic heterocycles. The summed E-state index contributed by atoms with van der Waals surface area (Å²) in [6.45, 7) is 2.22. The first-order valence-corrected chi connectivity index (χ1v) is 20.7. The number of rotatable bonds is 4. The van der Waals surface area contributed by atoms with E-state index in [-0.39, 0.29) is 11.8 Å². The number of ether oxygens (including phenoxy) is 1. The van der Waals surface area contributed by atoms with Crippen molar-refractivity contribution in [3.8, 4) is 56.5 Å². The summed E-state index contributed by atoms with van der Waals surface area (Å²) in [6.07, 6.45) is 8.63. The van der Waals surface area contributed by atoms with Crippen LogP contribution in [0.15, 0.2) is 182 Å². The van der Waals surface area contributed by atoms with Crippen LogP contribution in [0, 0.1) is 5.92 Å². The molecule has 12 rings (SSSR count). The van der Waals surface area contributed by atoms with Gasteiger partial charge in [0.15, 0.2) is 11.6 Å². The van der Waals surface area contributed by atoms with E-state index in [2.05, 4.69) is 189 Å². The van der Waals surface area contributed by atoms with Crippen molar-refractivity contribution in [3.63, 3.8) is 0 Å². The van der Waals surface area contributed by atoms with Crippen molar-refractivity contribution in [1.29, 1.82) is 0 Å².